The predicted molar refractivity (Wildman–Crippen MR) is 92.3 cm³/mol. The Bertz CT molecular complexity index is 631. The molecule has 1 aliphatic heterocycles. The lowest BCUT2D eigenvalue weighted by molar-refractivity contribution is -0.127. The molecule has 0 aliphatic carbocycles. The Morgan fingerprint density at radius 2 is 2.04 bits per heavy atom. The number of nitrogens with zero attached hydrogens (tertiary/aromatic N) is 3. The molecule has 2 heterocycles. The number of carbonyl (C=O) groups is 2. The number of aromatic nitrogens is 2. The molecule has 11 heteroatoms. The van der Waals surface area contributed by atoms with Gasteiger partial charge in [-0.3, -0.25) is 9.59 Å². The predicted octanol–water partition coefficient (Wildman–Crippen LogP) is -1.15. The fraction of sp³-hybridized carbons (Fsp3) is 0.600. The molecule has 4 N–H and O–H groups in total. The molecule has 0 saturated carbocycles. The zero-order chi connectivity index (χ0) is 19.3. The minimum absolute atomic E-state index is 0.163. The summed E-state index contributed by atoms with van der Waals surface area (Å²) in [7, 11) is -1.67. The monoisotopic (exact) mass is 367 g/mol. The first-order valence-electron chi connectivity index (χ1n) is 8.45. The molecule has 9 nitrogen and oxygen atoms in total. The van der Waals surface area contributed by atoms with Crippen molar-refractivity contribution >= 4 is 24.9 Å². The van der Waals surface area contributed by atoms with Crippen molar-refractivity contribution in [2.24, 2.45) is 5.92 Å². The molecule has 142 valence electrons. The van der Waals surface area contributed by atoms with Crippen molar-refractivity contribution < 1.29 is 24.0 Å². The Labute approximate surface area is 151 Å². The molecule has 0 aromatic carbocycles. The van der Waals surface area contributed by atoms with Crippen LogP contribution in [-0.2, 0) is 9.59 Å². The number of hydrogen-bond acceptors (Lipinski definition) is 7. The van der Waals surface area contributed by atoms with E-state index in [2.05, 4.69) is 20.6 Å². The molecule has 0 radical (unpaired) electrons. The topological polar surface area (TPSA) is 128 Å². The first kappa shape index (κ1) is 20.1. The van der Waals surface area contributed by atoms with Crippen LogP contribution in [-0.4, -0.2) is 64.0 Å². The third-order valence-electron chi connectivity index (χ3n) is 4.04. The zero-order valence-electron chi connectivity index (χ0n) is 14.7. The summed E-state index contributed by atoms with van der Waals surface area (Å²) in [4.78, 5) is 33.4. The lowest BCUT2D eigenvalue weighted by Crippen LogP contribution is -2.58. The maximum Gasteiger partial charge on any atom is 0.475 e. The largest absolute Gasteiger partial charge is 0.475 e. The maximum absolute atomic E-state index is 12.9. The van der Waals surface area contributed by atoms with Gasteiger partial charge in [0.2, 0.25) is 17.8 Å². The van der Waals surface area contributed by atoms with Gasteiger partial charge < -0.3 is 25.6 Å². The maximum atomic E-state index is 12.9. The van der Waals surface area contributed by atoms with E-state index in [1.54, 1.807) is 4.90 Å². The van der Waals surface area contributed by atoms with E-state index in [1.807, 2.05) is 13.8 Å². The summed E-state index contributed by atoms with van der Waals surface area (Å²) in [6.45, 7) is 4.07. The summed E-state index contributed by atoms with van der Waals surface area (Å²) < 4.78 is 12.9. The van der Waals surface area contributed by atoms with Crippen LogP contribution in [0, 0.1) is 11.7 Å². The van der Waals surface area contributed by atoms with Crippen LogP contribution in [0.5, 0.6) is 0 Å². The highest BCUT2D eigenvalue weighted by atomic mass is 19.1. The Morgan fingerprint density at radius 1 is 1.38 bits per heavy atom. The second-order valence-electron chi connectivity index (χ2n) is 6.63. The molecule has 26 heavy (non-hydrogen) atoms. The summed E-state index contributed by atoms with van der Waals surface area (Å²) in [5.74, 6) is -1.83. The van der Waals surface area contributed by atoms with E-state index in [0.717, 1.165) is 12.4 Å². The molecule has 1 aliphatic rings. The molecular weight excluding hydrogens is 344 g/mol. The van der Waals surface area contributed by atoms with Crippen LogP contribution in [0.2, 0.25) is 0 Å². The van der Waals surface area contributed by atoms with Crippen molar-refractivity contribution in [2.75, 3.05) is 18.0 Å². The molecule has 1 saturated heterocycles. The third kappa shape index (κ3) is 5.36. The fourth-order valence-corrected chi connectivity index (χ4v) is 2.66. The van der Waals surface area contributed by atoms with Crippen LogP contribution in [0.25, 0.3) is 0 Å². The van der Waals surface area contributed by atoms with Gasteiger partial charge in [0.05, 0.1) is 24.9 Å². The first-order valence-corrected chi connectivity index (χ1v) is 8.45. The van der Waals surface area contributed by atoms with E-state index in [0.29, 0.717) is 19.4 Å². The molecule has 1 aromatic rings. The van der Waals surface area contributed by atoms with Crippen molar-refractivity contribution in [2.45, 2.75) is 38.7 Å². The van der Waals surface area contributed by atoms with E-state index in [-0.39, 0.29) is 24.3 Å². The second kappa shape index (κ2) is 8.90. The van der Waals surface area contributed by atoms with Gasteiger partial charge in [0.25, 0.3) is 0 Å². The summed E-state index contributed by atoms with van der Waals surface area (Å²) in [6.07, 6.45) is 3.02. The summed E-state index contributed by atoms with van der Waals surface area (Å²) in [5.41, 5.74) is 0. The Kier molecular flexibility index (Phi) is 6.87. The van der Waals surface area contributed by atoms with E-state index in [1.165, 1.54) is 0 Å². The minimum atomic E-state index is -1.67. The zero-order valence-corrected chi connectivity index (χ0v) is 14.7. The molecule has 0 spiro atoms. The highest BCUT2D eigenvalue weighted by molar-refractivity contribution is 6.43. The SMILES string of the molecule is CC(C)CC(NC(=O)CNC(=O)C1CCN1c1ncc(F)cn1)B(O)O. The normalized spacial score (nSPS) is 17.5. The van der Waals surface area contributed by atoms with Crippen LogP contribution >= 0.6 is 0 Å². The van der Waals surface area contributed by atoms with Crippen LogP contribution in [0.4, 0.5) is 10.3 Å². The smallest absolute Gasteiger partial charge is 0.426 e. The molecule has 1 aromatic heterocycles. The third-order valence-corrected chi connectivity index (χ3v) is 4.04. The highest BCUT2D eigenvalue weighted by Crippen LogP contribution is 2.22. The van der Waals surface area contributed by atoms with E-state index in [4.69, 9.17) is 0 Å². The molecule has 0 bridgehead atoms. The summed E-state index contributed by atoms with van der Waals surface area (Å²) in [5, 5.41) is 23.6. The fourth-order valence-electron chi connectivity index (χ4n) is 2.66. The van der Waals surface area contributed by atoms with Gasteiger partial charge >= 0.3 is 7.12 Å². The first-order chi connectivity index (χ1) is 12.3. The minimum Gasteiger partial charge on any atom is -0.426 e. The van der Waals surface area contributed by atoms with E-state index < -0.39 is 30.8 Å². The van der Waals surface area contributed by atoms with Gasteiger partial charge in [-0.1, -0.05) is 13.8 Å². The Hall–Kier alpha value is -2.27. The molecule has 2 rings (SSSR count). The van der Waals surface area contributed by atoms with Gasteiger partial charge in [-0.15, -0.1) is 0 Å². The quantitative estimate of drug-likeness (QED) is 0.428. The van der Waals surface area contributed by atoms with Gasteiger partial charge in [-0.05, 0) is 18.8 Å². The van der Waals surface area contributed by atoms with Crippen LogP contribution in [0.3, 0.4) is 0 Å². The number of amides is 2. The van der Waals surface area contributed by atoms with Crippen LogP contribution in [0.1, 0.15) is 26.7 Å². The van der Waals surface area contributed by atoms with Crippen molar-refractivity contribution in [3.8, 4) is 0 Å². The van der Waals surface area contributed by atoms with Gasteiger partial charge in [-0.2, -0.15) is 0 Å². The van der Waals surface area contributed by atoms with Gasteiger partial charge in [0.15, 0.2) is 5.82 Å². The van der Waals surface area contributed by atoms with Crippen LogP contribution in [0.15, 0.2) is 12.4 Å². The standard InChI is InChI=1S/C15H23BFN5O4/c1-9(2)5-12(16(25)26)21-13(23)8-18-14(24)11-3-4-22(11)15-19-6-10(17)7-20-15/h6-7,9,11-12,25-26H,3-5,8H2,1-2H3,(H,18,24)(H,21,23). The highest BCUT2D eigenvalue weighted by Gasteiger charge is 2.36. The Morgan fingerprint density at radius 3 is 2.54 bits per heavy atom. The molecular formula is C15H23BFN5O4. The van der Waals surface area contributed by atoms with Gasteiger partial charge in [0.1, 0.15) is 6.04 Å². The van der Waals surface area contributed by atoms with Crippen molar-refractivity contribution in [1.82, 2.24) is 20.6 Å². The number of hydrogen-bond donors (Lipinski definition) is 4. The molecule has 1 fully saturated rings. The van der Waals surface area contributed by atoms with Crippen LogP contribution < -0.4 is 15.5 Å². The average Bonchev–Trinajstić information content (AvgIpc) is 2.53. The average molecular weight is 367 g/mol. The molecule has 2 amide bonds. The van der Waals surface area contributed by atoms with Gasteiger partial charge in [-0.25, -0.2) is 14.4 Å². The van der Waals surface area contributed by atoms with E-state index >= 15 is 0 Å². The lowest BCUT2D eigenvalue weighted by atomic mass is 9.75. The van der Waals surface area contributed by atoms with Gasteiger partial charge in [0, 0.05) is 6.54 Å². The lowest BCUT2D eigenvalue weighted by Gasteiger charge is -2.39. The molecule has 2 atom stereocenters. The van der Waals surface area contributed by atoms with Crippen molar-refractivity contribution in [1.29, 1.82) is 0 Å². The number of carbonyl (C=O) groups excluding carboxylic acids is 2. The number of rotatable bonds is 8. The second-order valence-corrected chi connectivity index (χ2v) is 6.63. The van der Waals surface area contributed by atoms with Crippen molar-refractivity contribution in [3.63, 3.8) is 0 Å². The number of anilines is 1. The summed E-state index contributed by atoms with van der Waals surface area (Å²) >= 11 is 0. The Balaban J connectivity index is 1.82. The van der Waals surface area contributed by atoms with Crippen molar-refractivity contribution in [3.05, 3.63) is 18.2 Å². The summed E-state index contributed by atoms with van der Waals surface area (Å²) in [6, 6.07) is -0.525. The molecule has 2 unspecified atom stereocenters. The van der Waals surface area contributed by atoms with E-state index in [9.17, 15) is 24.0 Å². The number of halogens is 1. The number of nitrogens with one attached hydrogen (secondary N) is 2.